The van der Waals surface area contributed by atoms with Crippen molar-refractivity contribution in [1.82, 2.24) is 0 Å². The maximum Gasteiger partial charge on any atom is 0.347 e. The number of halogens is 1. The van der Waals surface area contributed by atoms with E-state index in [0.29, 0.717) is 5.75 Å². The molecule has 0 aliphatic heterocycles. The summed E-state index contributed by atoms with van der Waals surface area (Å²) < 4.78 is 10.3. The predicted octanol–water partition coefficient (Wildman–Crippen LogP) is 3.51. The summed E-state index contributed by atoms with van der Waals surface area (Å²) in [5.74, 6) is -0.863. The Balaban J connectivity index is 1.85. The summed E-state index contributed by atoms with van der Waals surface area (Å²) in [6, 6.07) is 10.9. The van der Waals surface area contributed by atoms with Crippen molar-refractivity contribution in [3.63, 3.8) is 0 Å². The fourth-order valence-corrected chi connectivity index (χ4v) is 2.24. The van der Waals surface area contributed by atoms with E-state index in [1.165, 1.54) is 19.1 Å². The lowest BCUT2D eigenvalue weighted by Crippen LogP contribution is -2.29. The summed E-state index contributed by atoms with van der Waals surface area (Å²) in [5, 5.41) is 13.2. The normalized spacial score (nSPS) is 11.4. The van der Waals surface area contributed by atoms with Crippen LogP contribution >= 0.6 is 11.6 Å². The molecule has 0 radical (unpaired) electrons. The predicted molar refractivity (Wildman–Crippen MR) is 99.0 cm³/mol. The van der Waals surface area contributed by atoms with Crippen molar-refractivity contribution < 1.29 is 24.0 Å². The molecule has 9 heteroatoms. The molecule has 0 saturated carbocycles. The lowest BCUT2D eigenvalue weighted by molar-refractivity contribution is -0.384. The van der Waals surface area contributed by atoms with E-state index in [1.54, 1.807) is 12.1 Å². The quantitative estimate of drug-likeness (QED) is 0.439. The van der Waals surface area contributed by atoms with Gasteiger partial charge in [-0.1, -0.05) is 29.3 Å². The van der Waals surface area contributed by atoms with Crippen molar-refractivity contribution >= 4 is 34.9 Å². The lowest BCUT2D eigenvalue weighted by Gasteiger charge is -2.14. The van der Waals surface area contributed by atoms with Crippen molar-refractivity contribution in [3.05, 3.63) is 63.2 Å². The van der Waals surface area contributed by atoms with Gasteiger partial charge in [0.25, 0.3) is 11.6 Å². The van der Waals surface area contributed by atoms with Gasteiger partial charge in [0, 0.05) is 11.8 Å². The zero-order valence-corrected chi connectivity index (χ0v) is 15.4. The van der Waals surface area contributed by atoms with E-state index >= 15 is 0 Å². The monoisotopic (exact) mass is 392 g/mol. The summed E-state index contributed by atoms with van der Waals surface area (Å²) in [6.45, 7) is 2.87. The zero-order valence-electron chi connectivity index (χ0n) is 14.6. The molecular weight excluding hydrogens is 376 g/mol. The average Bonchev–Trinajstić information content (AvgIpc) is 2.63. The van der Waals surface area contributed by atoms with Gasteiger partial charge >= 0.3 is 5.97 Å². The van der Waals surface area contributed by atoms with Crippen LogP contribution in [0.3, 0.4) is 0 Å². The molecule has 0 aliphatic carbocycles. The fourth-order valence-electron chi connectivity index (χ4n) is 2.05. The molecule has 0 spiro atoms. The molecule has 0 aliphatic rings. The first kappa shape index (κ1) is 20.2. The molecule has 0 fully saturated rings. The van der Waals surface area contributed by atoms with Gasteiger partial charge in [-0.25, -0.2) is 4.79 Å². The van der Waals surface area contributed by atoms with Crippen molar-refractivity contribution in [3.8, 4) is 5.75 Å². The van der Waals surface area contributed by atoms with Crippen LogP contribution in [-0.2, 0) is 14.3 Å². The van der Waals surface area contributed by atoms with Crippen LogP contribution < -0.4 is 10.1 Å². The fraction of sp³-hybridized carbons (Fsp3) is 0.222. The summed E-state index contributed by atoms with van der Waals surface area (Å²) in [4.78, 5) is 34.0. The van der Waals surface area contributed by atoms with Gasteiger partial charge in [-0.2, -0.15) is 0 Å². The Morgan fingerprint density at radius 3 is 2.52 bits per heavy atom. The molecule has 8 nitrogen and oxygen atoms in total. The number of rotatable bonds is 7. The molecular formula is C18H17ClN2O6. The second kappa shape index (κ2) is 9.00. The lowest BCUT2D eigenvalue weighted by atomic mass is 10.2. The first-order valence-corrected chi connectivity index (χ1v) is 8.28. The molecule has 142 valence electrons. The van der Waals surface area contributed by atoms with Crippen LogP contribution in [0.2, 0.25) is 5.02 Å². The second-order valence-corrected chi connectivity index (χ2v) is 6.06. The summed E-state index contributed by atoms with van der Waals surface area (Å²) in [5.41, 5.74) is 0.874. The van der Waals surface area contributed by atoms with Gasteiger partial charge in [0.05, 0.1) is 4.92 Å². The minimum absolute atomic E-state index is 0.0495. The minimum Gasteiger partial charge on any atom is -0.479 e. The highest BCUT2D eigenvalue weighted by Crippen LogP contribution is 2.27. The summed E-state index contributed by atoms with van der Waals surface area (Å²) >= 11 is 5.70. The molecule has 0 heterocycles. The van der Waals surface area contributed by atoms with Crippen molar-refractivity contribution in [2.45, 2.75) is 20.0 Å². The first-order chi connectivity index (χ1) is 12.8. The Morgan fingerprint density at radius 2 is 1.89 bits per heavy atom. The van der Waals surface area contributed by atoms with E-state index in [-0.39, 0.29) is 16.4 Å². The number of nitro groups is 1. The van der Waals surface area contributed by atoms with Crippen molar-refractivity contribution in [2.24, 2.45) is 0 Å². The molecule has 1 amide bonds. The summed E-state index contributed by atoms with van der Waals surface area (Å²) in [6.07, 6.45) is -0.905. The number of carbonyl (C=O) groups excluding carboxylic acids is 2. The third kappa shape index (κ3) is 5.96. The number of ether oxygens (including phenoxy) is 2. The van der Waals surface area contributed by atoms with Crippen LogP contribution in [0.4, 0.5) is 11.4 Å². The van der Waals surface area contributed by atoms with Gasteiger partial charge in [0.2, 0.25) is 0 Å². The van der Waals surface area contributed by atoms with Gasteiger partial charge in [0.1, 0.15) is 10.8 Å². The van der Waals surface area contributed by atoms with Crippen LogP contribution in [0.1, 0.15) is 12.5 Å². The van der Waals surface area contributed by atoms with Gasteiger partial charge in [0.15, 0.2) is 12.7 Å². The van der Waals surface area contributed by atoms with Crippen LogP contribution in [-0.4, -0.2) is 29.5 Å². The Labute approximate surface area is 160 Å². The third-order valence-electron chi connectivity index (χ3n) is 3.44. The number of benzene rings is 2. The van der Waals surface area contributed by atoms with E-state index in [1.807, 2.05) is 19.1 Å². The smallest absolute Gasteiger partial charge is 0.347 e. The van der Waals surface area contributed by atoms with Crippen molar-refractivity contribution in [1.29, 1.82) is 0 Å². The first-order valence-electron chi connectivity index (χ1n) is 7.90. The molecule has 2 aromatic carbocycles. The number of esters is 1. The molecule has 1 N–H and O–H groups in total. The number of amides is 1. The number of hydrogen-bond acceptors (Lipinski definition) is 6. The average molecular weight is 393 g/mol. The molecule has 1 atom stereocenters. The standard InChI is InChI=1S/C18H17ClN2O6/c1-11-3-6-14(7-4-11)27-12(2)18(23)26-10-17(22)20-13-5-8-15(19)16(9-13)21(24)25/h3-9,12H,10H2,1-2H3,(H,20,22). The molecule has 2 rings (SSSR count). The highest BCUT2D eigenvalue weighted by molar-refractivity contribution is 6.32. The molecule has 27 heavy (non-hydrogen) atoms. The SMILES string of the molecule is Cc1ccc(OC(C)C(=O)OCC(=O)Nc2ccc(Cl)c([N+](=O)[O-])c2)cc1. The van der Waals surface area contributed by atoms with Crippen LogP contribution in [0.5, 0.6) is 5.75 Å². The van der Waals surface area contributed by atoms with Crippen LogP contribution in [0, 0.1) is 17.0 Å². The Morgan fingerprint density at radius 1 is 1.22 bits per heavy atom. The van der Waals surface area contributed by atoms with E-state index in [9.17, 15) is 19.7 Å². The molecule has 1 unspecified atom stereocenters. The van der Waals surface area contributed by atoms with E-state index < -0.39 is 29.5 Å². The highest BCUT2D eigenvalue weighted by atomic mass is 35.5. The van der Waals surface area contributed by atoms with Crippen LogP contribution in [0.25, 0.3) is 0 Å². The summed E-state index contributed by atoms with van der Waals surface area (Å²) in [7, 11) is 0. The van der Waals surface area contributed by atoms with Crippen molar-refractivity contribution in [2.75, 3.05) is 11.9 Å². The molecule has 0 bridgehead atoms. The third-order valence-corrected chi connectivity index (χ3v) is 3.76. The van der Waals surface area contributed by atoms with Gasteiger partial charge in [-0.3, -0.25) is 14.9 Å². The van der Waals surface area contributed by atoms with Gasteiger partial charge in [-0.15, -0.1) is 0 Å². The second-order valence-electron chi connectivity index (χ2n) is 5.65. The minimum atomic E-state index is -0.905. The van der Waals surface area contributed by atoms with E-state index in [0.717, 1.165) is 11.6 Å². The Bertz CT molecular complexity index is 853. The number of anilines is 1. The molecule has 0 aromatic heterocycles. The van der Waals surface area contributed by atoms with E-state index in [4.69, 9.17) is 21.1 Å². The topological polar surface area (TPSA) is 108 Å². The number of carbonyl (C=O) groups is 2. The number of nitrogens with one attached hydrogen (secondary N) is 1. The van der Waals surface area contributed by atoms with Gasteiger partial charge in [-0.05, 0) is 38.1 Å². The maximum atomic E-state index is 11.9. The maximum absolute atomic E-state index is 11.9. The largest absolute Gasteiger partial charge is 0.479 e. The molecule has 2 aromatic rings. The van der Waals surface area contributed by atoms with E-state index in [2.05, 4.69) is 5.32 Å². The number of nitro benzene ring substituents is 1. The number of hydrogen-bond donors (Lipinski definition) is 1. The van der Waals surface area contributed by atoms with Gasteiger partial charge < -0.3 is 14.8 Å². The number of nitrogens with zero attached hydrogens (tertiary/aromatic N) is 1. The van der Waals surface area contributed by atoms with Crippen LogP contribution in [0.15, 0.2) is 42.5 Å². The Kier molecular flexibility index (Phi) is 6.73. The number of aryl methyl sites for hydroxylation is 1. The molecule has 0 saturated heterocycles. The zero-order chi connectivity index (χ0) is 20.0. The highest BCUT2D eigenvalue weighted by Gasteiger charge is 2.19. The Hall–Kier alpha value is -3.13.